The monoisotopic (exact) mass is 339 g/mol. The van der Waals surface area contributed by atoms with Crippen LogP contribution in [0.2, 0.25) is 0 Å². The van der Waals surface area contributed by atoms with Crippen molar-refractivity contribution in [2.75, 3.05) is 18.7 Å². The molecule has 2 aromatic rings. The maximum atomic E-state index is 12.7. The van der Waals surface area contributed by atoms with Crippen molar-refractivity contribution in [3.63, 3.8) is 0 Å². The van der Waals surface area contributed by atoms with Crippen molar-refractivity contribution in [3.8, 4) is 0 Å². The number of aromatic nitrogens is 1. The van der Waals surface area contributed by atoms with Gasteiger partial charge >= 0.3 is 0 Å². The Morgan fingerprint density at radius 1 is 1.24 bits per heavy atom. The van der Waals surface area contributed by atoms with E-state index in [9.17, 15) is 19.2 Å². The summed E-state index contributed by atoms with van der Waals surface area (Å²) in [5.41, 5.74) is -0.0871. The molecule has 3 amide bonds. The number of benzene rings is 1. The Kier molecular flexibility index (Phi) is 4.12. The van der Waals surface area contributed by atoms with E-state index in [1.54, 1.807) is 18.2 Å². The molecule has 0 spiro atoms. The van der Waals surface area contributed by atoms with Crippen molar-refractivity contribution in [3.05, 3.63) is 58.8 Å². The summed E-state index contributed by atoms with van der Waals surface area (Å²) in [6.07, 6.45) is 1.96. The first kappa shape index (κ1) is 16.5. The molecular weight excluding hydrogens is 326 g/mol. The van der Waals surface area contributed by atoms with Gasteiger partial charge in [0, 0.05) is 18.8 Å². The molecule has 3 rings (SSSR count). The zero-order chi connectivity index (χ0) is 18.1. The first-order valence-corrected chi connectivity index (χ1v) is 7.29. The van der Waals surface area contributed by atoms with Crippen LogP contribution < -0.4 is 4.90 Å². The van der Waals surface area contributed by atoms with Gasteiger partial charge in [-0.1, -0.05) is 6.07 Å². The van der Waals surface area contributed by atoms with E-state index < -0.39 is 24.5 Å². The number of anilines is 1. The summed E-state index contributed by atoms with van der Waals surface area (Å²) in [7, 11) is 1.49. The molecule has 0 unspecified atom stereocenters. The maximum Gasteiger partial charge on any atom is 0.263 e. The van der Waals surface area contributed by atoms with Crippen molar-refractivity contribution in [1.82, 2.24) is 9.88 Å². The Labute approximate surface area is 142 Å². The summed E-state index contributed by atoms with van der Waals surface area (Å²) in [6.45, 7) is -0.778. The zero-order valence-electron chi connectivity index (χ0n) is 13.2. The number of pyridine rings is 1. The van der Waals surface area contributed by atoms with Crippen LogP contribution >= 0.6 is 0 Å². The number of aldehydes is 1. The highest BCUT2D eigenvalue weighted by molar-refractivity contribution is 6.23. The van der Waals surface area contributed by atoms with Crippen LogP contribution in [0.4, 0.5) is 5.82 Å². The highest BCUT2D eigenvalue weighted by atomic mass is 16.3. The van der Waals surface area contributed by atoms with Crippen molar-refractivity contribution >= 4 is 29.8 Å². The van der Waals surface area contributed by atoms with Crippen LogP contribution in [-0.4, -0.2) is 52.8 Å². The molecule has 1 aliphatic heterocycles. The lowest BCUT2D eigenvalue weighted by molar-refractivity contribution is 0.0489. The van der Waals surface area contributed by atoms with Crippen LogP contribution in [0.3, 0.4) is 0 Å². The second kappa shape index (κ2) is 6.25. The van der Waals surface area contributed by atoms with E-state index in [0.29, 0.717) is 17.0 Å². The molecule has 0 atom stereocenters. The summed E-state index contributed by atoms with van der Waals surface area (Å²) in [5.74, 6) is -1.60. The summed E-state index contributed by atoms with van der Waals surface area (Å²) in [5, 5.41) is 9.15. The van der Waals surface area contributed by atoms with Gasteiger partial charge in [0.05, 0.1) is 16.7 Å². The van der Waals surface area contributed by atoms with Crippen LogP contribution in [0.5, 0.6) is 0 Å². The predicted molar refractivity (Wildman–Crippen MR) is 86.4 cm³/mol. The molecule has 8 nitrogen and oxygen atoms in total. The minimum atomic E-state index is -0.778. The average Bonchev–Trinajstić information content (AvgIpc) is 2.89. The van der Waals surface area contributed by atoms with Gasteiger partial charge in [0.2, 0.25) is 0 Å². The Morgan fingerprint density at radius 2 is 1.92 bits per heavy atom. The van der Waals surface area contributed by atoms with E-state index in [2.05, 4.69) is 4.98 Å². The number of imide groups is 1. The molecule has 0 bridgehead atoms. The van der Waals surface area contributed by atoms with Crippen molar-refractivity contribution < 1.29 is 24.3 Å². The first-order chi connectivity index (χ1) is 12.0. The highest BCUT2D eigenvalue weighted by Crippen LogP contribution is 2.26. The Balaban J connectivity index is 2.08. The van der Waals surface area contributed by atoms with Crippen LogP contribution in [0.1, 0.15) is 41.4 Å². The van der Waals surface area contributed by atoms with Gasteiger partial charge in [0.25, 0.3) is 17.7 Å². The van der Waals surface area contributed by atoms with E-state index >= 15 is 0 Å². The van der Waals surface area contributed by atoms with Gasteiger partial charge < -0.3 is 5.11 Å². The average molecular weight is 339 g/mol. The predicted octanol–water partition coefficient (Wildman–Crippen LogP) is 0.716. The first-order valence-electron chi connectivity index (χ1n) is 7.29. The standard InChI is InChI=1S/C17H13N3O5/c1-19(14-4-2-3-5-18-14)15(23)11-7-13-12(6-10(11)8-21)16(24)20(9-22)17(13)25/h2-8,22H,9H2,1H3. The van der Waals surface area contributed by atoms with E-state index in [1.807, 2.05) is 0 Å². The molecule has 0 saturated carbocycles. The quantitative estimate of drug-likeness (QED) is 0.649. The Hall–Kier alpha value is -3.39. The third kappa shape index (κ3) is 2.58. The normalized spacial score (nSPS) is 13.0. The summed E-state index contributed by atoms with van der Waals surface area (Å²) in [6, 6.07) is 7.42. The summed E-state index contributed by atoms with van der Waals surface area (Å²) < 4.78 is 0. The number of hydrogen-bond donors (Lipinski definition) is 1. The fraction of sp³-hybridized carbons (Fsp3) is 0.118. The molecule has 0 radical (unpaired) electrons. The maximum absolute atomic E-state index is 12.7. The number of fused-ring (bicyclic) bond motifs is 1. The van der Waals surface area contributed by atoms with Crippen molar-refractivity contribution in [1.29, 1.82) is 0 Å². The molecule has 0 fully saturated rings. The zero-order valence-corrected chi connectivity index (χ0v) is 13.2. The number of rotatable bonds is 4. The molecule has 0 aliphatic carbocycles. The van der Waals surface area contributed by atoms with E-state index in [-0.39, 0.29) is 22.3 Å². The van der Waals surface area contributed by atoms with Crippen molar-refractivity contribution in [2.45, 2.75) is 0 Å². The van der Waals surface area contributed by atoms with E-state index in [4.69, 9.17) is 5.11 Å². The SMILES string of the molecule is CN(C(=O)c1cc2c(cc1C=O)C(=O)N(CO)C2=O)c1ccccn1. The lowest BCUT2D eigenvalue weighted by Crippen LogP contribution is -2.30. The fourth-order valence-electron chi connectivity index (χ4n) is 2.60. The summed E-state index contributed by atoms with van der Waals surface area (Å²) >= 11 is 0. The number of nitrogens with zero attached hydrogens (tertiary/aromatic N) is 3. The van der Waals surface area contributed by atoms with Gasteiger partial charge in [-0.15, -0.1) is 0 Å². The molecule has 1 aromatic carbocycles. The van der Waals surface area contributed by atoms with Crippen LogP contribution in [0, 0.1) is 0 Å². The van der Waals surface area contributed by atoms with Gasteiger partial charge in [-0.2, -0.15) is 0 Å². The Bertz CT molecular complexity index is 895. The largest absolute Gasteiger partial charge is 0.376 e. The molecule has 0 saturated heterocycles. The van der Waals surface area contributed by atoms with Crippen molar-refractivity contribution in [2.24, 2.45) is 0 Å². The van der Waals surface area contributed by atoms with Crippen LogP contribution in [-0.2, 0) is 0 Å². The number of carbonyl (C=O) groups is 4. The fourth-order valence-corrected chi connectivity index (χ4v) is 2.60. The van der Waals surface area contributed by atoms with Gasteiger partial charge in [-0.05, 0) is 24.3 Å². The molecule has 126 valence electrons. The van der Waals surface area contributed by atoms with Gasteiger partial charge in [-0.25, -0.2) is 4.98 Å². The molecule has 1 N–H and O–H groups in total. The third-order valence-corrected chi connectivity index (χ3v) is 3.94. The number of aliphatic hydroxyl groups excluding tert-OH is 1. The van der Waals surface area contributed by atoms with E-state index in [1.165, 1.54) is 30.3 Å². The minimum absolute atomic E-state index is 0.0156. The topological polar surface area (TPSA) is 108 Å². The third-order valence-electron chi connectivity index (χ3n) is 3.94. The van der Waals surface area contributed by atoms with Crippen LogP contribution in [0.25, 0.3) is 0 Å². The van der Waals surface area contributed by atoms with Gasteiger partial charge in [0.1, 0.15) is 12.5 Å². The summed E-state index contributed by atoms with van der Waals surface area (Å²) in [4.78, 5) is 54.3. The Morgan fingerprint density at radius 3 is 2.48 bits per heavy atom. The number of amides is 3. The van der Waals surface area contributed by atoms with Crippen LogP contribution in [0.15, 0.2) is 36.5 Å². The van der Waals surface area contributed by atoms with E-state index in [0.717, 1.165) is 0 Å². The minimum Gasteiger partial charge on any atom is -0.376 e. The van der Waals surface area contributed by atoms with Gasteiger partial charge in [-0.3, -0.25) is 29.0 Å². The molecule has 1 aliphatic rings. The van der Waals surface area contributed by atoms with Gasteiger partial charge in [0.15, 0.2) is 6.29 Å². The molecular formula is C17H13N3O5. The molecule has 1 aromatic heterocycles. The lowest BCUT2D eigenvalue weighted by atomic mass is 9.99. The molecule has 8 heteroatoms. The molecule has 25 heavy (non-hydrogen) atoms. The number of carbonyl (C=O) groups excluding carboxylic acids is 4. The number of hydrogen-bond acceptors (Lipinski definition) is 6. The highest BCUT2D eigenvalue weighted by Gasteiger charge is 2.37. The second-order valence-corrected chi connectivity index (χ2v) is 5.33. The number of aliphatic hydroxyl groups is 1. The molecule has 2 heterocycles. The lowest BCUT2D eigenvalue weighted by Gasteiger charge is -2.17. The second-order valence-electron chi connectivity index (χ2n) is 5.33. The smallest absolute Gasteiger partial charge is 0.263 e.